The number of hydrogen-bond acceptors (Lipinski definition) is 4. The van der Waals surface area contributed by atoms with Crippen molar-refractivity contribution in [2.45, 2.75) is 89.8 Å². The van der Waals surface area contributed by atoms with Gasteiger partial charge in [-0.25, -0.2) is 0 Å². The van der Waals surface area contributed by atoms with Gasteiger partial charge >= 0.3 is 5.97 Å². The van der Waals surface area contributed by atoms with Crippen molar-refractivity contribution in [2.75, 3.05) is 13.1 Å². The normalized spacial score (nSPS) is 25.0. The first-order valence-corrected chi connectivity index (χ1v) is 11.6. The van der Waals surface area contributed by atoms with E-state index in [9.17, 15) is 14.4 Å². The molecule has 0 aliphatic carbocycles. The molecule has 0 unspecified atom stereocenters. The lowest BCUT2D eigenvalue weighted by Crippen LogP contribution is -2.42. The lowest BCUT2D eigenvalue weighted by atomic mass is 9.77. The molecule has 2 amide bonds. The maximum Gasteiger partial charge on any atom is 0.303 e. The second-order valence-corrected chi connectivity index (χ2v) is 8.50. The average Bonchev–Trinajstić information content (AvgIpc) is 3.32. The summed E-state index contributed by atoms with van der Waals surface area (Å²) in [6.07, 6.45) is 13.9. The lowest BCUT2D eigenvalue weighted by molar-refractivity contribution is -0.137. The number of hydrogen-bond donors (Lipinski definition) is 3. The van der Waals surface area contributed by atoms with Crippen LogP contribution in [0.2, 0.25) is 0 Å². The molecule has 0 radical (unpaired) electrons. The Labute approximate surface area is 180 Å². The molecule has 30 heavy (non-hydrogen) atoms. The summed E-state index contributed by atoms with van der Waals surface area (Å²) in [6.45, 7) is 2.74. The van der Waals surface area contributed by atoms with Crippen LogP contribution in [0.5, 0.6) is 0 Å². The maximum atomic E-state index is 12.2. The highest BCUT2D eigenvalue weighted by atomic mass is 16.5. The van der Waals surface area contributed by atoms with Crippen molar-refractivity contribution in [1.82, 2.24) is 10.6 Å². The molecule has 0 aromatic rings. The summed E-state index contributed by atoms with van der Waals surface area (Å²) in [5, 5.41) is 14.4. The van der Waals surface area contributed by atoms with Gasteiger partial charge in [-0.1, -0.05) is 38.3 Å². The highest BCUT2D eigenvalue weighted by molar-refractivity contribution is 5.84. The van der Waals surface area contributed by atoms with Gasteiger partial charge in [-0.05, 0) is 44.4 Å². The fraction of sp³-hybridized carbons (Fsp3) is 0.783. The van der Waals surface area contributed by atoms with Gasteiger partial charge in [0, 0.05) is 25.3 Å². The minimum atomic E-state index is -0.756. The van der Waals surface area contributed by atoms with Crippen LogP contribution in [0.1, 0.15) is 77.6 Å². The Morgan fingerprint density at radius 2 is 1.70 bits per heavy atom. The van der Waals surface area contributed by atoms with E-state index in [0.717, 1.165) is 51.4 Å². The van der Waals surface area contributed by atoms with Crippen molar-refractivity contribution >= 4 is 17.8 Å². The number of ether oxygens (including phenoxy) is 1. The zero-order chi connectivity index (χ0) is 21.8. The summed E-state index contributed by atoms with van der Waals surface area (Å²) in [5.41, 5.74) is 0. The SMILES string of the molecule is CCCCCCC(=O)NCC(=O)NC[C@H]1[C@@H](C/C=C/CCCC(=O)O)[C@@H]2CC[C@H]1O2. The summed E-state index contributed by atoms with van der Waals surface area (Å²) in [6, 6.07) is 0. The van der Waals surface area contributed by atoms with Crippen LogP contribution in [0, 0.1) is 11.8 Å². The number of carboxylic acid groups (broad SMARTS) is 1. The molecule has 2 saturated heterocycles. The molecule has 4 atom stereocenters. The van der Waals surface area contributed by atoms with Crippen molar-refractivity contribution < 1.29 is 24.2 Å². The molecule has 0 saturated carbocycles. The molecule has 7 heteroatoms. The molecule has 170 valence electrons. The average molecular weight is 423 g/mol. The first kappa shape index (κ1) is 24.4. The third-order valence-corrected chi connectivity index (χ3v) is 6.17. The third kappa shape index (κ3) is 8.46. The number of nitrogens with one attached hydrogen (secondary N) is 2. The van der Waals surface area contributed by atoms with Gasteiger partial charge in [-0.2, -0.15) is 0 Å². The summed E-state index contributed by atoms with van der Waals surface area (Å²) in [4.78, 5) is 34.5. The van der Waals surface area contributed by atoms with E-state index in [4.69, 9.17) is 9.84 Å². The van der Waals surface area contributed by atoms with Crippen LogP contribution in [0.4, 0.5) is 0 Å². The molecule has 2 aliphatic rings. The first-order chi connectivity index (χ1) is 14.5. The summed E-state index contributed by atoms with van der Waals surface area (Å²) in [5.74, 6) is -0.291. The minimum absolute atomic E-state index is 0.0302. The Balaban J connectivity index is 1.66. The summed E-state index contributed by atoms with van der Waals surface area (Å²) < 4.78 is 6.07. The van der Waals surface area contributed by atoms with E-state index in [1.807, 2.05) is 0 Å². The monoisotopic (exact) mass is 422 g/mol. The fourth-order valence-electron chi connectivity index (χ4n) is 4.50. The number of unbranched alkanes of at least 4 members (excludes halogenated alkanes) is 4. The standard InChI is InChI=1S/C23H38N2O5/c1-2-3-4-8-11-21(26)25-16-22(27)24-15-18-17(19-13-14-20(18)30-19)10-7-5-6-9-12-23(28)29/h5,7,17-20H,2-4,6,8-16H2,1H3,(H,24,27)(H,25,26)(H,28,29)/b7-5+/t17-,18+,19+,20-/m1/s1. The largest absolute Gasteiger partial charge is 0.481 e. The molecule has 7 nitrogen and oxygen atoms in total. The van der Waals surface area contributed by atoms with E-state index in [1.54, 1.807) is 0 Å². The second kappa shape index (κ2) is 13.4. The third-order valence-electron chi connectivity index (χ3n) is 6.17. The van der Waals surface area contributed by atoms with Crippen LogP contribution in [0.3, 0.4) is 0 Å². The highest BCUT2D eigenvalue weighted by Crippen LogP contribution is 2.44. The van der Waals surface area contributed by atoms with Crippen molar-refractivity contribution in [2.24, 2.45) is 11.8 Å². The Bertz CT molecular complexity index is 592. The summed E-state index contributed by atoms with van der Waals surface area (Å²) in [7, 11) is 0. The number of rotatable bonds is 15. The van der Waals surface area contributed by atoms with Crippen LogP contribution < -0.4 is 10.6 Å². The van der Waals surface area contributed by atoms with Crippen molar-refractivity contribution in [1.29, 1.82) is 0 Å². The zero-order valence-corrected chi connectivity index (χ0v) is 18.2. The van der Waals surface area contributed by atoms with Gasteiger partial charge in [0.05, 0.1) is 18.8 Å². The minimum Gasteiger partial charge on any atom is -0.481 e. The van der Waals surface area contributed by atoms with E-state index in [-0.39, 0.29) is 37.0 Å². The number of carboxylic acids is 1. The first-order valence-electron chi connectivity index (χ1n) is 11.6. The van der Waals surface area contributed by atoms with E-state index >= 15 is 0 Å². The molecular formula is C23H38N2O5. The number of amides is 2. The maximum absolute atomic E-state index is 12.2. The molecule has 2 fully saturated rings. The molecule has 0 spiro atoms. The molecule has 0 aromatic heterocycles. The van der Waals surface area contributed by atoms with Crippen LogP contribution in [-0.2, 0) is 19.1 Å². The van der Waals surface area contributed by atoms with Gasteiger partial charge in [-0.15, -0.1) is 0 Å². The quantitative estimate of drug-likeness (QED) is 0.278. The Morgan fingerprint density at radius 1 is 0.933 bits per heavy atom. The van der Waals surface area contributed by atoms with Crippen molar-refractivity contribution in [3.05, 3.63) is 12.2 Å². The number of carbonyl (C=O) groups is 3. The van der Waals surface area contributed by atoms with E-state index in [1.165, 1.54) is 0 Å². The Kier molecular flexibility index (Phi) is 10.9. The van der Waals surface area contributed by atoms with Gasteiger partial charge in [0.15, 0.2) is 0 Å². The zero-order valence-electron chi connectivity index (χ0n) is 18.2. The second-order valence-electron chi connectivity index (χ2n) is 8.50. The lowest BCUT2D eigenvalue weighted by Gasteiger charge is -2.27. The molecule has 2 heterocycles. The molecule has 2 rings (SSSR count). The molecule has 2 aliphatic heterocycles. The smallest absolute Gasteiger partial charge is 0.303 e. The number of fused-ring (bicyclic) bond motifs is 2. The van der Waals surface area contributed by atoms with Gasteiger partial charge in [0.1, 0.15) is 0 Å². The number of allylic oxidation sites excluding steroid dienone is 2. The van der Waals surface area contributed by atoms with E-state index in [0.29, 0.717) is 31.2 Å². The van der Waals surface area contributed by atoms with Crippen molar-refractivity contribution in [3.8, 4) is 0 Å². The Hall–Kier alpha value is -1.89. The van der Waals surface area contributed by atoms with Gasteiger partial charge in [0.2, 0.25) is 11.8 Å². The number of carbonyl (C=O) groups excluding carboxylic acids is 2. The Morgan fingerprint density at radius 3 is 2.43 bits per heavy atom. The topological polar surface area (TPSA) is 105 Å². The fourth-order valence-corrected chi connectivity index (χ4v) is 4.50. The van der Waals surface area contributed by atoms with Crippen LogP contribution in [-0.4, -0.2) is 48.2 Å². The number of aliphatic carboxylic acids is 1. The van der Waals surface area contributed by atoms with E-state index in [2.05, 4.69) is 29.7 Å². The van der Waals surface area contributed by atoms with Gasteiger partial charge in [0.25, 0.3) is 0 Å². The molecule has 0 aromatic carbocycles. The highest BCUT2D eigenvalue weighted by Gasteiger charge is 2.47. The van der Waals surface area contributed by atoms with Crippen LogP contribution in [0.25, 0.3) is 0 Å². The molecular weight excluding hydrogens is 384 g/mol. The summed E-state index contributed by atoms with van der Waals surface area (Å²) >= 11 is 0. The van der Waals surface area contributed by atoms with Crippen LogP contribution >= 0.6 is 0 Å². The predicted octanol–water partition coefficient (Wildman–Crippen LogP) is 3.18. The van der Waals surface area contributed by atoms with E-state index < -0.39 is 5.97 Å². The van der Waals surface area contributed by atoms with Crippen molar-refractivity contribution in [3.63, 3.8) is 0 Å². The van der Waals surface area contributed by atoms with Crippen LogP contribution in [0.15, 0.2) is 12.2 Å². The molecule has 2 bridgehead atoms. The predicted molar refractivity (Wildman–Crippen MR) is 115 cm³/mol. The molecule has 3 N–H and O–H groups in total. The van der Waals surface area contributed by atoms with Gasteiger partial charge in [-0.3, -0.25) is 14.4 Å². The van der Waals surface area contributed by atoms with Gasteiger partial charge < -0.3 is 20.5 Å².